The monoisotopic (exact) mass is 403 g/mol. The summed E-state index contributed by atoms with van der Waals surface area (Å²) >= 11 is 0. The number of benzene rings is 1. The van der Waals surface area contributed by atoms with Crippen molar-refractivity contribution in [2.75, 3.05) is 20.3 Å². The highest BCUT2D eigenvalue weighted by Crippen LogP contribution is 2.36. The zero-order valence-electron chi connectivity index (χ0n) is 18.4. The smallest absolute Gasteiger partial charge is 0.490 e. The molecule has 160 valence electrons. The number of nitrogens with one attached hydrogen (secondary N) is 1. The fourth-order valence-corrected chi connectivity index (χ4v) is 3.70. The number of hydrogen-bond acceptors (Lipinski definition) is 5. The molecule has 1 aliphatic heterocycles. The van der Waals surface area contributed by atoms with E-state index in [1.54, 1.807) is 13.1 Å². The first-order valence-corrected chi connectivity index (χ1v) is 10.7. The second-order valence-corrected chi connectivity index (χ2v) is 8.90. The lowest BCUT2D eigenvalue weighted by molar-refractivity contribution is 0.00578. The van der Waals surface area contributed by atoms with Crippen LogP contribution < -0.4 is 15.5 Å². The number of carbonyl (C=O) groups is 1. The first kappa shape index (κ1) is 22.1. The van der Waals surface area contributed by atoms with Crippen LogP contribution in [-0.2, 0) is 14.0 Å². The fourth-order valence-electron chi connectivity index (χ4n) is 3.70. The van der Waals surface area contributed by atoms with Crippen LogP contribution >= 0.6 is 0 Å². The molecule has 1 amide bonds. The highest BCUT2D eigenvalue weighted by atomic mass is 16.7. The molecule has 3 rings (SSSR count). The first-order chi connectivity index (χ1) is 13.7. The second kappa shape index (κ2) is 9.06. The molecule has 0 radical (unpaired) electrons. The molecule has 0 unspecified atom stereocenters. The van der Waals surface area contributed by atoms with Gasteiger partial charge in [0.05, 0.1) is 29.5 Å². The van der Waals surface area contributed by atoms with Gasteiger partial charge >= 0.3 is 7.12 Å². The van der Waals surface area contributed by atoms with E-state index >= 15 is 0 Å². The molecule has 2 aliphatic rings. The van der Waals surface area contributed by atoms with Gasteiger partial charge in [-0.2, -0.15) is 0 Å². The zero-order valence-corrected chi connectivity index (χ0v) is 18.4. The van der Waals surface area contributed by atoms with Crippen LogP contribution in [0.5, 0.6) is 5.75 Å². The lowest BCUT2D eigenvalue weighted by Crippen LogP contribution is -2.41. The van der Waals surface area contributed by atoms with Crippen molar-refractivity contribution < 1.29 is 23.6 Å². The fraction of sp³-hybridized carbons (Fsp3) is 0.682. The molecule has 2 fully saturated rings. The summed E-state index contributed by atoms with van der Waals surface area (Å²) in [4.78, 5) is 12.3. The van der Waals surface area contributed by atoms with Crippen molar-refractivity contribution in [3.05, 3.63) is 23.8 Å². The van der Waals surface area contributed by atoms with Crippen molar-refractivity contribution in [2.45, 2.75) is 77.1 Å². The summed E-state index contributed by atoms with van der Waals surface area (Å²) in [5, 5.41) is 2.67. The minimum Gasteiger partial charge on any atom is -0.490 e. The molecule has 6 nitrogen and oxygen atoms in total. The number of amides is 1. The average Bonchev–Trinajstić information content (AvgIpc) is 2.92. The Bertz CT molecular complexity index is 699. The lowest BCUT2D eigenvalue weighted by atomic mass is 9.78. The van der Waals surface area contributed by atoms with Gasteiger partial charge in [-0.25, -0.2) is 0 Å². The predicted molar refractivity (Wildman–Crippen MR) is 114 cm³/mol. The summed E-state index contributed by atoms with van der Waals surface area (Å²) in [6.45, 7) is 8.99. The van der Waals surface area contributed by atoms with Crippen molar-refractivity contribution >= 4 is 18.5 Å². The quantitative estimate of drug-likeness (QED) is 0.560. The first-order valence-electron chi connectivity index (χ1n) is 10.7. The molecule has 1 aliphatic carbocycles. The molecule has 1 heterocycles. The molecule has 0 bridgehead atoms. The third kappa shape index (κ3) is 5.14. The van der Waals surface area contributed by atoms with Crippen LogP contribution in [0, 0.1) is 0 Å². The minimum absolute atomic E-state index is 0.186. The third-order valence-corrected chi connectivity index (χ3v) is 6.25. The van der Waals surface area contributed by atoms with Crippen LogP contribution in [0.25, 0.3) is 0 Å². The van der Waals surface area contributed by atoms with Crippen molar-refractivity contribution in [3.63, 3.8) is 0 Å². The number of rotatable bonds is 7. The molecule has 1 saturated heterocycles. The summed E-state index contributed by atoms with van der Waals surface area (Å²) < 4.78 is 24.2. The van der Waals surface area contributed by atoms with E-state index in [4.69, 9.17) is 18.8 Å². The van der Waals surface area contributed by atoms with Crippen molar-refractivity contribution in [2.24, 2.45) is 0 Å². The molecule has 1 aromatic carbocycles. The largest absolute Gasteiger partial charge is 0.494 e. The predicted octanol–water partition coefficient (Wildman–Crippen LogP) is 3.07. The molecule has 1 N–H and O–H groups in total. The van der Waals surface area contributed by atoms with E-state index in [9.17, 15) is 4.79 Å². The Kier molecular flexibility index (Phi) is 6.92. The summed E-state index contributed by atoms with van der Waals surface area (Å²) in [5.74, 6) is 0.331. The maximum Gasteiger partial charge on any atom is 0.494 e. The van der Waals surface area contributed by atoms with Crippen molar-refractivity contribution in [1.82, 2.24) is 5.32 Å². The molecule has 1 aromatic rings. The number of ether oxygens (including phenoxy) is 2. The summed E-state index contributed by atoms with van der Waals surface area (Å²) in [5.41, 5.74) is 0.475. The molecule has 0 spiro atoms. The topological polar surface area (TPSA) is 66.0 Å². The van der Waals surface area contributed by atoms with E-state index in [-0.39, 0.29) is 5.91 Å². The molecular weight excluding hydrogens is 369 g/mol. The van der Waals surface area contributed by atoms with Crippen molar-refractivity contribution in [1.29, 1.82) is 0 Å². The number of hydrogen-bond donors (Lipinski definition) is 1. The Morgan fingerprint density at radius 1 is 1.10 bits per heavy atom. The van der Waals surface area contributed by atoms with E-state index in [0.29, 0.717) is 30.6 Å². The molecule has 29 heavy (non-hydrogen) atoms. The Morgan fingerprint density at radius 2 is 1.76 bits per heavy atom. The van der Waals surface area contributed by atoms with E-state index in [1.807, 2.05) is 39.8 Å². The van der Waals surface area contributed by atoms with Gasteiger partial charge in [-0.3, -0.25) is 4.79 Å². The van der Waals surface area contributed by atoms with Crippen LogP contribution in [0.1, 0.15) is 70.2 Å². The third-order valence-electron chi connectivity index (χ3n) is 6.25. The van der Waals surface area contributed by atoms with Gasteiger partial charge in [-0.15, -0.1) is 0 Å². The normalized spacial score (nSPS) is 21.2. The van der Waals surface area contributed by atoms with Gasteiger partial charge in [0.1, 0.15) is 12.4 Å². The molecule has 0 aromatic heterocycles. The van der Waals surface area contributed by atoms with Gasteiger partial charge in [0.15, 0.2) is 0 Å². The summed E-state index contributed by atoms with van der Waals surface area (Å²) in [7, 11) is 1.11. The number of carbonyl (C=O) groups excluding carboxylic acids is 1. The Morgan fingerprint density at radius 3 is 2.38 bits per heavy atom. The van der Waals surface area contributed by atoms with Gasteiger partial charge in [-0.1, -0.05) is 25.3 Å². The lowest BCUT2D eigenvalue weighted by Gasteiger charge is -2.32. The van der Waals surface area contributed by atoms with Crippen LogP contribution in [0.4, 0.5) is 0 Å². The van der Waals surface area contributed by atoms with Crippen LogP contribution in [-0.4, -0.2) is 50.6 Å². The highest BCUT2D eigenvalue weighted by Gasteiger charge is 2.51. The maximum absolute atomic E-state index is 12.3. The van der Waals surface area contributed by atoms with Gasteiger partial charge in [0.2, 0.25) is 0 Å². The Balaban J connectivity index is 1.68. The van der Waals surface area contributed by atoms with Crippen molar-refractivity contribution in [3.8, 4) is 5.75 Å². The second-order valence-electron chi connectivity index (χ2n) is 8.90. The van der Waals surface area contributed by atoms with Gasteiger partial charge in [0, 0.05) is 7.05 Å². The van der Waals surface area contributed by atoms with Crippen LogP contribution in [0.15, 0.2) is 18.2 Å². The maximum atomic E-state index is 12.3. The van der Waals surface area contributed by atoms with Gasteiger partial charge in [-0.05, 0) is 58.1 Å². The van der Waals surface area contributed by atoms with E-state index in [0.717, 1.165) is 18.3 Å². The van der Waals surface area contributed by atoms with Gasteiger partial charge in [0.25, 0.3) is 5.91 Å². The standard InChI is InChI=1S/C22H34BNO5/c1-21(2)22(3,4)29-23(28-21)16-11-12-18(20(25)24-5)19(15-16)27-14-13-26-17-9-7-6-8-10-17/h11-12,15,17H,6-10,13-14H2,1-5H3,(H,24,25). The average molecular weight is 403 g/mol. The Hall–Kier alpha value is -1.57. The summed E-state index contributed by atoms with van der Waals surface area (Å²) in [6.07, 6.45) is 6.37. The molecule has 7 heteroatoms. The van der Waals surface area contributed by atoms with Crippen LogP contribution in [0.2, 0.25) is 0 Å². The molecule has 1 saturated carbocycles. The van der Waals surface area contributed by atoms with E-state index < -0.39 is 18.3 Å². The summed E-state index contributed by atoms with van der Waals surface area (Å²) in [6, 6.07) is 5.46. The van der Waals surface area contributed by atoms with Gasteiger partial charge < -0.3 is 24.1 Å². The molecular formula is C22H34BNO5. The van der Waals surface area contributed by atoms with E-state index in [2.05, 4.69) is 5.32 Å². The Labute approximate surface area is 174 Å². The van der Waals surface area contributed by atoms with Crippen LogP contribution in [0.3, 0.4) is 0 Å². The minimum atomic E-state index is -0.500. The zero-order chi connectivity index (χ0) is 21.1. The highest BCUT2D eigenvalue weighted by molar-refractivity contribution is 6.62. The molecule has 0 atom stereocenters. The SMILES string of the molecule is CNC(=O)c1ccc(B2OC(C)(C)C(C)(C)O2)cc1OCCOC1CCCCC1. The van der Waals surface area contributed by atoms with E-state index in [1.165, 1.54) is 19.3 Å².